The quantitative estimate of drug-likeness (QED) is 0.800. The minimum absolute atomic E-state index is 0.0590. The lowest BCUT2D eigenvalue weighted by atomic mass is 10.4. The van der Waals surface area contributed by atoms with Crippen LogP contribution in [-0.4, -0.2) is 19.3 Å². The van der Waals surface area contributed by atoms with Gasteiger partial charge in [0.25, 0.3) is 0 Å². The Hall–Kier alpha value is -1.85. The van der Waals surface area contributed by atoms with E-state index in [0.29, 0.717) is 18.3 Å². The van der Waals surface area contributed by atoms with Crippen molar-refractivity contribution in [3.8, 4) is 0 Å². The first-order valence-electron chi connectivity index (χ1n) is 5.70. The zero-order valence-corrected chi connectivity index (χ0v) is 10.3. The Kier molecular flexibility index (Phi) is 3.12. The van der Waals surface area contributed by atoms with Crippen molar-refractivity contribution in [3.05, 3.63) is 34.6 Å². The Bertz CT molecular complexity index is 550. The van der Waals surface area contributed by atoms with Crippen LogP contribution in [0.1, 0.15) is 38.5 Å². The molecule has 0 aliphatic rings. The highest BCUT2D eigenvalue weighted by atomic mass is 16.5. The van der Waals surface area contributed by atoms with Crippen LogP contribution < -0.4 is 5.69 Å². The van der Waals surface area contributed by atoms with Gasteiger partial charge in [0.2, 0.25) is 5.89 Å². The third-order valence-corrected chi connectivity index (χ3v) is 2.56. The molecule has 0 bridgehead atoms. The summed E-state index contributed by atoms with van der Waals surface area (Å²) in [5.74, 6) is 1.13. The van der Waals surface area contributed by atoms with Gasteiger partial charge in [0.05, 0.1) is 0 Å². The monoisotopic (exact) mass is 236 g/mol. The Morgan fingerprint density at radius 2 is 2.18 bits per heavy atom. The van der Waals surface area contributed by atoms with Crippen molar-refractivity contribution < 1.29 is 4.52 Å². The number of aromatic nitrogens is 4. The van der Waals surface area contributed by atoms with Crippen molar-refractivity contribution in [2.75, 3.05) is 0 Å². The molecule has 0 atom stereocenters. The summed E-state index contributed by atoms with van der Waals surface area (Å²) in [6, 6.07) is 0.151. The second-order valence-corrected chi connectivity index (χ2v) is 4.17. The molecule has 6 nitrogen and oxygen atoms in total. The zero-order chi connectivity index (χ0) is 12.4. The van der Waals surface area contributed by atoms with Crippen LogP contribution in [0.3, 0.4) is 0 Å². The number of rotatable bonds is 4. The van der Waals surface area contributed by atoms with Crippen molar-refractivity contribution in [2.45, 2.75) is 39.8 Å². The van der Waals surface area contributed by atoms with Crippen molar-refractivity contribution in [2.24, 2.45) is 0 Å². The van der Waals surface area contributed by atoms with Crippen LogP contribution in [0.15, 0.2) is 21.7 Å². The summed E-state index contributed by atoms with van der Waals surface area (Å²) in [5.41, 5.74) is -0.0590. The number of hydrogen-bond acceptors (Lipinski definition) is 4. The topological polar surface area (TPSA) is 65.8 Å². The molecule has 2 rings (SSSR count). The van der Waals surface area contributed by atoms with E-state index in [1.807, 2.05) is 20.8 Å². The van der Waals surface area contributed by atoms with Gasteiger partial charge in [0, 0.05) is 24.9 Å². The van der Waals surface area contributed by atoms with E-state index in [1.54, 1.807) is 21.5 Å². The second-order valence-electron chi connectivity index (χ2n) is 4.17. The van der Waals surface area contributed by atoms with Crippen LogP contribution in [0.2, 0.25) is 0 Å². The van der Waals surface area contributed by atoms with Crippen LogP contribution >= 0.6 is 0 Å². The van der Waals surface area contributed by atoms with Gasteiger partial charge in [0.1, 0.15) is 6.54 Å². The van der Waals surface area contributed by atoms with E-state index in [4.69, 9.17) is 4.52 Å². The van der Waals surface area contributed by atoms with Crippen molar-refractivity contribution in [1.29, 1.82) is 0 Å². The molecule has 2 heterocycles. The maximum atomic E-state index is 11.9. The third-order valence-electron chi connectivity index (χ3n) is 2.56. The maximum absolute atomic E-state index is 11.9. The van der Waals surface area contributed by atoms with Gasteiger partial charge in [0.15, 0.2) is 5.82 Å². The minimum Gasteiger partial charge on any atom is -0.337 e. The molecular weight excluding hydrogens is 220 g/mol. The van der Waals surface area contributed by atoms with Gasteiger partial charge in [-0.3, -0.25) is 9.13 Å². The second kappa shape index (κ2) is 4.57. The highest BCUT2D eigenvalue weighted by Crippen LogP contribution is 2.02. The van der Waals surface area contributed by atoms with E-state index in [1.165, 1.54) is 0 Å². The molecule has 0 aromatic carbocycles. The van der Waals surface area contributed by atoms with Crippen LogP contribution in [0, 0.1) is 0 Å². The fraction of sp³-hybridized carbons (Fsp3) is 0.545. The van der Waals surface area contributed by atoms with Crippen molar-refractivity contribution >= 4 is 0 Å². The number of imidazole rings is 1. The molecule has 0 radical (unpaired) electrons. The molecule has 2 aromatic heterocycles. The molecule has 0 aliphatic carbocycles. The summed E-state index contributed by atoms with van der Waals surface area (Å²) in [4.78, 5) is 16.1. The van der Waals surface area contributed by atoms with E-state index >= 15 is 0 Å². The van der Waals surface area contributed by atoms with Gasteiger partial charge in [-0.15, -0.1) is 0 Å². The smallest absolute Gasteiger partial charge is 0.328 e. The van der Waals surface area contributed by atoms with Crippen LogP contribution in [0.5, 0.6) is 0 Å². The van der Waals surface area contributed by atoms with Crippen molar-refractivity contribution in [3.63, 3.8) is 0 Å². The first-order valence-corrected chi connectivity index (χ1v) is 5.70. The predicted octanol–water partition coefficient (Wildman–Crippen LogP) is 1.22. The van der Waals surface area contributed by atoms with Gasteiger partial charge in [-0.2, -0.15) is 4.98 Å². The molecule has 0 unspecified atom stereocenters. The Morgan fingerprint density at radius 1 is 1.41 bits per heavy atom. The lowest BCUT2D eigenvalue weighted by Gasteiger charge is -2.03. The highest BCUT2D eigenvalue weighted by Gasteiger charge is 2.10. The molecule has 6 heteroatoms. The first-order chi connectivity index (χ1) is 8.11. The molecule has 0 spiro atoms. The maximum Gasteiger partial charge on any atom is 0.328 e. The fourth-order valence-electron chi connectivity index (χ4n) is 1.59. The molecule has 0 amide bonds. The van der Waals surface area contributed by atoms with E-state index < -0.39 is 0 Å². The summed E-state index contributed by atoms with van der Waals surface area (Å²) in [6.07, 6.45) is 4.23. The molecule has 0 saturated carbocycles. The number of nitrogens with zero attached hydrogens (tertiary/aromatic N) is 4. The molecule has 2 aromatic rings. The van der Waals surface area contributed by atoms with Crippen LogP contribution in [0.4, 0.5) is 0 Å². The third kappa shape index (κ3) is 2.30. The number of hydrogen-bond donors (Lipinski definition) is 0. The molecule has 0 saturated heterocycles. The molecule has 0 N–H and O–H groups in total. The van der Waals surface area contributed by atoms with E-state index in [2.05, 4.69) is 10.1 Å². The normalized spacial score (nSPS) is 11.3. The van der Waals surface area contributed by atoms with Crippen LogP contribution in [-0.2, 0) is 13.0 Å². The number of aryl methyl sites for hydroxylation is 1. The Morgan fingerprint density at radius 3 is 2.71 bits per heavy atom. The summed E-state index contributed by atoms with van der Waals surface area (Å²) in [6.45, 7) is 6.21. The molecule has 0 fully saturated rings. The molecule has 0 aliphatic heterocycles. The largest absolute Gasteiger partial charge is 0.337 e. The first kappa shape index (κ1) is 11.6. The average Bonchev–Trinajstić information content (AvgIpc) is 2.87. The Balaban J connectivity index is 2.22. The summed E-state index contributed by atoms with van der Waals surface area (Å²) in [7, 11) is 0. The SMILES string of the molecule is CCc1noc(Cn2ccn(C(C)C)c2=O)n1. The van der Waals surface area contributed by atoms with Gasteiger partial charge >= 0.3 is 5.69 Å². The standard InChI is InChI=1S/C11H16N4O2/c1-4-9-12-10(17-13-9)7-14-5-6-15(8(2)3)11(14)16/h5-6,8H,4,7H2,1-3H3. The lowest BCUT2D eigenvalue weighted by molar-refractivity contribution is 0.364. The van der Waals surface area contributed by atoms with E-state index in [9.17, 15) is 4.79 Å². The van der Waals surface area contributed by atoms with E-state index in [0.717, 1.165) is 6.42 Å². The van der Waals surface area contributed by atoms with E-state index in [-0.39, 0.29) is 11.7 Å². The minimum atomic E-state index is -0.0590. The summed E-state index contributed by atoms with van der Waals surface area (Å²) in [5, 5.41) is 3.79. The molecular formula is C11H16N4O2. The van der Waals surface area contributed by atoms with Gasteiger partial charge < -0.3 is 4.52 Å². The lowest BCUT2D eigenvalue weighted by Crippen LogP contribution is -2.25. The average molecular weight is 236 g/mol. The zero-order valence-electron chi connectivity index (χ0n) is 10.3. The van der Waals surface area contributed by atoms with Crippen LogP contribution in [0.25, 0.3) is 0 Å². The summed E-state index contributed by atoms with van der Waals surface area (Å²) >= 11 is 0. The van der Waals surface area contributed by atoms with Gasteiger partial charge in [-0.1, -0.05) is 12.1 Å². The van der Waals surface area contributed by atoms with Gasteiger partial charge in [-0.05, 0) is 13.8 Å². The highest BCUT2D eigenvalue weighted by molar-refractivity contribution is 4.90. The Labute approximate surface area is 98.9 Å². The molecule has 92 valence electrons. The van der Waals surface area contributed by atoms with Crippen molar-refractivity contribution in [1.82, 2.24) is 19.3 Å². The van der Waals surface area contributed by atoms with Gasteiger partial charge in [-0.25, -0.2) is 4.79 Å². The predicted molar refractivity (Wildman–Crippen MR) is 61.9 cm³/mol. The fourth-order valence-corrected chi connectivity index (χ4v) is 1.59. The summed E-state index contributed by atoms with van der Waals surface area (Å²) < 4.78 is 8.28. The molecule has 17 heavy (non-hydrogen) atoms.